The molecule has 0 aliphatic carbocycles. The van der Waals surface area contributed by atoms with E-state index in [0.717, 1.165) is 25.2 Å². The fourth-order valence-electron chi connectivity index (χ4n) is 2.51. The summed E-state index contributed by atoms with van der Waals surface area (Å²) in [6.07, 6.45) is 2.41. The molecule has 2 atom stereocenters. The largest absolute Gasteiger partial charge is 0.444 e. The zero-order chi connectivity index (χ0) is 16.3. The highest BCUT2D eigenvalue weighted by Crippen LogP contribution is 2.24. The number of halogens is 1. The van der Waals surface area contributed by atoms with Gasteiger partial charge in [-0.15, -0.1) is 0 Å². The first-order valence-electron chi connectivity index (χ1n) is 7.60. The van der Waals surface area contributed by atoms with Crippen molar-refractivity contribution >= 4 is 23.4 Å². The van der Waals surface area contributed by atoms with Crippen LogP contribution in [0.4, 0.5) is 10.5 Å². The number of anilines is 1. The van der Waals surface area contributed by atoms with Crippen LogP contribution in [0.5, 0.6) is 0 Å². The van der Waals surface area contributed by atoms with Crippen molar-refractivity contribution < 1.29 is 9.53 Å². The zero-order valence-electron chi connectivity index (χ0n) is 13.6. The topological polar surface area (TPSA) is 54.5 Å². The Labute approximate surface area is 137 Å². The van der Waals surface area contributed by atoms with Gasteiger partial charge in [-0.3, -0.25) is 0 Å². The van der Waals surface area contributed by atoms with Crippen LogP contribution >= 0.6 is 11.6 Å². The van der Waals surface area contributed by atoms with E-state index in [2.05, 4.69) is 22.1 Å². The van der Waals surface area contributed by atoms with Gasteiger partial charge in [0.15, 0.2) is 0 Å². The van der Waals surface area contributed by atoms with Gasteiger partial charge in [0.1, 0.15) is 10.8 Å². The molecule has 6 heteroatoms. The van der Waals surface area contributed by atoms with Crippen LogP contribution in [0.15, 0.2) is 18.3 Å². The number of carbonyl (C=O) groups excluding carboxylic acids is 1. The van der Waals surface area contributed by atoms with Crippen LogP contribution in [0.25, 0.3) is 0 Å². The van der Waals surface area contributed by atoms with E-state index in [4.69, 9.17) is 16.3 Å². The number of hydrogen-bond acceptors (Lipinski definition) is 4. The van der Waals surface area contributed by atoms with Crippen LogP contribution in [-0.4, -0.2) is 35.8 Å². The molecule has 1 aliphatic rings. The van der Waals surface area contributed by atoms with Crippen molar-refractivity contribution in [1.82, 2.24) is 10.3 Å². The molecule has 0 radical (unpaired) electrons. The Balaban J connectivity index is 1.99. The molecule has 1 fully saturated rings. The quantitative estimate of drug-likeness (QED) is 0.846. The summed E-state index contributed by atoms with van der Waals surface area (Å²) in [5.41, 5.74) is 0.536. The average Bonchev–Trinajstić information content (AvgIpc) is 2.40. The molecule has 0 unspecified atom stereocenters. The first-order valence-corrected chi connectivity index (χ1v) is 7.98. The molecule has 0 aromatic carbocycles. The molecule has 1 aliphatic heterocycles. The molecule has 1 amide bonds. The molecule has 2 rings (SSSR count). The maximum Gasteiger partial charge on any atom is 0.407 e. The average molecular weight is 326 g/mol. The minimum atomic E-state index is -0.484. The van der Waals surface area contributed by atoms with E-state index < -0.39 is 5.60 Å². The summed E-state index contributed by atoms with van der Waals surface area (Å²) >= 11 is 5.83. The molecular weight excluding hydrogens is 302 g/mol. The number of aromatic nitrogens is 1. The Morgan fingerprint density at radius 1 is 1.45 bits per heavy atom. The highest BCUT2D eigenvalue weighted by Gasteiger charge is 2.29. The van der Waals surface area contributed by atoms with E-state index in [1.165, 1.54) is 0 Å². The summed E-state index contributed by atoms with van der Waals surface area (Å²) in [4.78, 5) is 18.3. The van der Waals surface area contributed by atoms with Crippen molar-refractivity contribution in [2.24, 2.45) is 5.92 Å². The second-order valence-electron chi connectivity index (χ2n) is 6.80. The van der Waals surface area contributed by atoms with Crippen molar-refractivity contribution in [3.8, 4) is 0 Å². The Kier molecular flexibility index (Phi) is 5.16. The molecule has 0 saturated carbocycles. The van der Waals surface area contributed by atoms with Gasteiger partial charge in [0.2, 0.25) is 0 Å². The third-order valence-electron chi connectivity index (χ3n) is 3.74. The molecule has 2 heterocycles. The van der Waals surface area contributed by atoms with Crippen molar-refractivity contribution in [3.05, 3.63) is 23.5 Å². The summed E-state index contributed by atoms with van der Waals surface area (Å²) in [6, 6.07) is 3.79. The number of pyridine rings is 1. The lowest BCUT2D eigenvalue weighted by molar-refractivity contribution is 0.0483. The Hall–Kier alpha value is -1.49. The first-order chi connectivity index (χ1) is 10.2. The predicted molar refractivity (Wildman–Crippen MR) is 88.4 cm³/mol. The molecule has 0 bridgehead atoms. The van der Waals surface area contributed by atoms with Crippen LogP contribution in [-0.2, 0) is 4.74 Å². The molecule has 1 aromatic rings. The van der Waals surface area contributed by atoms with Crippen LogP contribution < -0.4 is 10.2 Å². The van der Waals surface area contributed by atoms with Gasteiger partial charge in [-0.1, -0.05) is 18.5 Å². The summed E-state index contributed by atoms with van der Waals surface area (Å²) in [7, 11) is 0. The van der Waals surface area contributed by atoms with Gasteiger partial charge in [-0.05, 0) is 45.2 Å². The minimum absolute atomic E-state index is 0.0549. The molecule has 1 aromatic heterocycles. The standard InChI is InChI=1S/C16H24ClN3O2/c1-11-7-8-20(12-5-6-14(17)18-9-12)10-13(11)19-15(21)22-16(2,3)4/h5-6,9,11,13H,7-8,10H2,1-4H3,(H,19,21)/t11-,13-/m1/s1. The molecule has 22 heavy (non-hydrogen) atoms. The predicted octanol–water partition coefficient (Wildman–Crippen LogP) is 3.47. The highest BCUT2D eigenvalue weighted by atomic mass is 35.5. The van der Waals surface area contributed by atoms with Gasteiger partial charge in [-0.25, -0.2) is 9.78 Å². The van der Waals surface area contributed by atoms with Gasteiger partial charge in [0.25, 0.3) is 0 Å². The number of amides is 1. The van der Waals surface area contributed by atoms with Crippen LogP contribution in [0.2, 0.25) is 5.15 Å². The molecule has 1 saturated heterocycles. The van der Waals surface area contributed by atoms with Gasteiger partial charge < -0.3 is 15.0 Å². The summed E-state index contributed by atoms with van der Waals surface area (Å²) < 4.78 is 5.35. The van der Waals surface area contributed by atoms with Crippen LogP contribution in [0, 0.1) is 5.92 Å². The number of rotatable bonds is 2. The number of nitrogens with zero attached hydrogens (tertiary/aromatic N) is 2. The Morgan fingerprint density at radius 2 is 2.18 bits per heavy atom. The molecule has 122 valence electrons. The van der Waals surface area contributed by atoms with E-state index >= 15 is 0 Å². The first kappa shape index (κ1) is 16.9. The van der Waals surface area contributed by atoms with Crippen molar-refractivity contribution in [2.45, 2.75) is 45.8 Å². The maximum atomic E-state index is 12.0. The maximum absolute atomic E-state index is 12.0. The minimum Gasteiger partial charge on any atom is -0.444 e. The summed E-state index contributed by atoms with van der Waals surface area (Å²) in [6.45, 7) is 9.42. The van der Waals surface area contributed by atoms with Gasteiger partial charge in [0.05, 0.1) is 17.9 Å². The van der Waals surface area contributed by atoms with Gasteiger partial charge in [-0.2, -0.15) is 0 Å². The van der Waals surface area contributed by atoms with E-state index in [-0.39, 0.29) is 12.1 Å². The van der Waals surface area contributed by atoms with Crippen LogP contribution in [0.1, 0.15) is 34.1 Å². The molecular formula is C16H24ClN3O2. The lowest BCUT2D eigenvalue weighted by Crippen LogP contribution is -2.52. The molecule has 1 N–H and O–H groups in total. The van der Waals surface area contributed by atoms with Gasteiger partial charge in [0, 0.05) is 13.1 Å². The Morgan fingerprint density at radius 3 is 2.77 bits per heavy atom. The summed E-state index contributed by atoms with van der Waals surface area (Å²) in [5.74, 6) is 0.407. The summed E-state index contributed by atoms with van der Waals surface area (Å²) in [5, 5.41) is 3.47. The third-order valence-corrected chi connectivity index (χ3v) is 3.96. The number of hydrogen-bond donors (Lipinski definition) is 1. The van der Waals surface area contributed by atoms with E-state index in [0.29, 0.717) is 11.1 Å². The monoisotopic (exact) mass is 325 g/mol. The van der Waals surface area contributed by atoms with Crippen molar-refractivity contribution in [3.63, 3.8) is 0 Å². The van der Waals surface area contributed by atoms with Crippen molar-refractivity contribution in [1.29, 1.82) is 0 Å². The highest BCUT2D eigenvalue weighted by molar-refractivity contribution is 6.29. The molecule has 5 nitrogen and oxygen atoms in total. The van der Waals surface area contributed by atoms with E-state index in [9.17, 15) is 4.79 Å². The Bertz CT molecular complexity index is 513. The second-order valence-corrected chi connectivity index (χ2v) is 7.19. The number of alkyl carbamates (subject to hydrolysis) is 1. The van der Waals surface area contributed by atoms with Crippen LogP contribution in [0.3, 0.4) is 0 Å². The van der Waals surface area contributed by atoms with E-state index in [1.54, 1.807) is 12.3 Å². The molecule has 0 spiro atoms. The number of ether oxygens (including phenoxy) is 1. The lowest BCUT2D eigenvalue weighted by Gasteiger charge is -2.38. The number of nitrogens with one attached hydrogen (secondary N) is 1. The SMILES string of the molecule is C[C@@H]1CCN(c2ccc(Cl)nc2)C[C@H]1NC(=O)OC(C)(C)C. The fraction of sp³-hybridized carbons (Fsp3) is 0.625. The lowest BCUT2D eigenvalue weighted by atomic mass is 9.93. The zero-order valence-corrected chi connectivity index (χ0v) is 14.4. The third kappa shape index (κ3) is 4.77. The number of carbonyl (C=O) groups is 1. The normalized spacial score (nSPS) is 22.3. The van der Waals surface area contributed by atoms with Gasteiger partial charge >= 0.3 is 6.09 Å². The van der Waals surface area contributed by atoms with Crippen molar-refractivity contribution in [2.75, 3.05) is 18.0 Å². The second kappa shape index (κ2) is 6.73. The smallest absolute Gasteiger partial charge is 0.407 e. The fourth-order valence-corrected chi connectivity index (χ4v) is 2.62. The van der Waals surface area contributed by atoms with E-state index in [1.807, 2.05) is 26.8 Å². The number of piperidine rings is 1.